The van der Waals surface area contributed by atoms with E-state index in [4.69, 9.17) is 11.6 Å². The number of nitrogens with one attached hydrogen (secondary N) is 2. The van der Waals surface area contributed by atoms with Gasteiger partial charge in [0, 0.05) is 56.3 Å². The van der Waals surface area contributed by atoms with Crippen molar-refractivity contribution in [1.29, 1.82) is 0 Å². The third-order valence-electron chi connectivity index (χ3n) is 9.33. The van der Waals surface area contributed by atoms with Crippen LogP contribution < -0.4 is 15.5 Å². The maximum atomic E-state index is 14.2. The van der Waals surface area contributed by atoms with E-state index in [2.05, 4.69) is 15.6 Å². The van der Waals surface area contributed by atoms with Crippen LogP contribution in [0.5, 0.6) is 0 Å². The number of halogens is 1. The largest absolute Gasteiger partial charge is 0.480 e. The van der Waals surface area contributed by atoms with E-state index in [0.717, 1.165) is 18.4 Å². The zero-order chi connectivity index (χ0) is 34.4. The first-order valence-corrected chi connectivity index (χ1v) is 16.5. The minimum Gasteiger partial charge on any atom is -0.480 e. The SMILES string of the molecule is CC(=O)NCCC1(C(=O)NC(Cc2ccc(N3C(=O)[C@@H](Cc4cccnc4)N(C(C)=O)C3c3ccc(Cl)cc3)cc2)C(=O)O)CCCC1. The van der Waals surface area contributed by atoms with Gasteiger partial charge in [0.05, 0.1) is 5.41 Å². The Morgan fingerprint density at radius 3 is 2.27 bits per heavy atom. The standard InChI is InChI=1S/C36H40ClN5O6/c1-23(43)39-19-17-36(15-3-4-16-36)35(48)40-30(34(46)47)20-25-7-13-29(14-8-25)42-32(27-9-11-28(37)12-10-27)41(24(2)44)31(33(42)45)21-26-6-5-18-38-22-26/h5-14,18,22,30-32H,3-4,15-17,19-21H2,1-2H3,(H,39,43)(H,40,48)(H,46,47)/t30?,31-,32?/m1/s1. The summed E-state index contributed by atoms with van der Waals surface area (Å²) in [6.45, 7) is 3.21. The molecule has 2 aliphatic rings. The molecule has 2 heterocycles. The lowest BCUT2D eigenvalue weighted by atomic mass is 9.81. The lowest BCUT2D eigenvalue weighted by Crippen LogP contribution is -2.49. The highest BCUT2D eigenvalue weighted by atomic mass is 35.5. The van der Waals surface area contributed by atoms with Crippen molar-refractivity contribution in [2.45, 2.75) is 77.0 Å². The zero-order valence-corrected chi connectivity index (χ0v) is 27.8. The van der Waals surface area contributed by atoms with Gasteiger partial charge in [0.25, 0.3) is 5.91 Å². The van der Waals surface area contributed by atoms with Crippen molar-refractivity contribution in [2.24, 2.45) is 5.41 Å². The third kappa shape index (κ3) is 7.68. The molecule has 1 saturated heterocycles. The van der Waals surface area contributed by atoms with Gasteiger partial charge in [0.15, 0.2) is 0 Å². The molecule has 11 nitrogen and oxygen atoms in total. The zero-order valence-electron chi connectivity index (χ0n) is 27.0. The summed E-state index contributed by atoms with van der Waals surface area (Å²) in [6, 6.07) is 15.6. The second kappa shape index (κ2) is 15.0. The van der Waals surface area contributed by atoms with Crippen molar-refractivity contribution in [1.82, 2.24) is 20.5 Å². The molecule has 0 radical (unpaired) electrons. The number of benzene rings is 2. The van der Waals surface area contributed by atoms with Gasteiger partial charge in [-0.1, -0.05) is 54.8 Å². The van der Waals surface area contributed by atoms with Crippen LogP contribution in [-0.4, -0.2) is 63.2 Å². The number of nitrogens with zero attached hydrogens (tertiary/aromatic N) is 3. The molecule has 2 aromatic carbocycles. The summed E-state index contributed by atoms with van der Waals surface area (Å²) in [5.74, 6) is -2.18. The Balaban J connectivity index is 1.39. The normalized spacial score (nSPS) is 19.2. The third-order valence-corrected chi connectivity index (χ3v) is 9.58. The Kier molecular flexibility index (Phi) is 10.8. The van der Waals surface area contributed by atoms with E-state index in [-0.39, 0.29) is 36.5 Å². The predicted molar refractivity (Wildman–Crippen MR) is 180 cm³/mol. The van der Waals surface area contributed by atoms with Crippen LogP contribution in [0.4, 0.5) is 5.69 Å². The molecule has 1 aliphatic heterocycles. The van der Waals surface area contributed by atoms with Crippen LogP contribution in [0.15, 0.2) is 73.1 Å². The highest BCUT2D eigenvalue weighted by molar-refractivity contribution is 6.30. The van der Waals surface area contributed by atoms with Crippen LogP contribution >= 0.6 is 11.6 Å². The van der Waals surface area contributed by atoms with Crippen molar-refractivity contribution < 1.29 is 29.1 Å². The highest BCUT2D eigenvalue weighted by Gasteiger charge is 2.49. The van der Waals surface area contributed by atoms with Crippen LogP contribution in [0, 0.1) is 5.41 Å². The molecule has 3 aromatic rings. The Morgan fingerprint density at radius 1 is 1.00 bits per heavy atom. The Morgan fingerprint density at radius 2 is 1.69 bits per heavy atom. The lowest BCUT2D eigenvalue weighted by molar-refractivity contribution is -0.144. The van der Waals surface area contributed by atoms with Crippen LogP contribution in [0.25, 0.3) is 0 Å². The lowest BCUT2D eigenvalue weighted by Gasteiger charge is -2.31. The van der Waals surface area contributed by atoms with E-state index in [9.17, 15) is 29.1 Å². The molecule has 1 aromatic heterocycles. The maximum Gasteiger partial charge on any atom is 0.326 e. The van der Waals surface area contributed by atoms with E-state index in [1.807, 2.05) is 6.07 Å². The van der Waals surface area contributed by atoms with Gasteiger partial charge in [-0.05, 0) is 66.3 Å². The second-order valence-corrected chi connectivity index (χ2v) is 13.0. The number of carbonyl (C=O) groups is 5. The van der Waals surface area contributed by atoms with Crippen molar-refractivity contribution in [3.8, 4) is 0 Å². The smallest absolute Gasteiger partial charge is 0.326 e. The molecule has 1 aliphatic carbocycles. The van der Waals surface area contributed by atoms with Crippen LogP contribution in [-0.2, 0) is 36.8 Å². The summed E-state index contributed by atoms with van der Waals surface area (Å²) in [6.07, 6.45) is 6.32. The number of aromatic nitrogens is 1. The molecule has 48 heavy (non-hydrogen) atoms. The molecule has 3 N–H and O–H groups in total. The van der Waals surface area contributed by atoms with Gasteiger partial charge in [-0.3, -0.25) is 29.1 Å². The number of amides is 4. The van der Waals surface area contributed by atoms with Crippen molar-refractivity contribution >= 4 is 46.9 Å². The summed E-state index contributed by atoms with van der Waals surface area (Å²) < 4.78 is 0. The molecule has 252 valence electrons. The van der Waals surface area contributed by atoms with Gasteiger partial charge < -0.3 is 20.6 Å². The number of hydrogen-bond acceptors (Lipinski definition) is 6. The number of hydrogen-bond donors (Lipinski definition) is 3. The molecule has 2 unspecified atom stereocenters. The van der Waals surface area contributed by atoms with Gasteiger partial charge in [-0.15, -0.1) is 0 Å². The van der Waals surface area contributed by atoms with Gasteiger partial charge in [0.1, 0.15) is 18.2 Å². The molecule has 4 amide bonds. The number of rotatable bonds is 12. The fourth-order valence-corrected chi connectivity index (χ4v) is 7.01. The van der Waals surface area contributed by atoms with Crippen molar-refractivity contribution in [3.63, 3.8) is 0 Å². The minimum absolute atomic E-state index is 0.0287. The van der Waals surface area contributed by atoms with Gasteiger partial charge >= 0.3 is 5.97 Å². The van der Waals surface area contributed by atoms with Gasteiger partial charge in [-0.25, -0.2) is 4.79 Å². The fraction of sp³-hybridized carbons (Fsp3) is 0.389. The number of pyridine rings is 1. The van der Waals surface area contributed by atoms with Gasteiger partial charge in [0.2, 0.25) is 17.7 Å². The van der Waals surface area contributed by atoms with E-state index < -0.39 is 29.6 Å². The maximum absolute atomic E-state index is 14.2. The molecule has 0 spiro atoms. The van der Waals surface area contributed by atoms with E-state index in [1.54, 1.807) is 76.8 Å². The van der Waals surface area contributed by atoms with Crippen LogP contribution in [0.2, 0.25) is 5.02 Å². The number of carboxylic acids is 1. The molecule has 0 bridgehead atoms. The van der Waals surface area contributed by atoms with E-state index >= 15 is 0 Å². The first-order chi connectivity index (χ1) is 23.0. The van der Waals surface area contributed by atoms with E-state index in [1.165, 1.54) is 13.8 Å². The average molecular weight is 674 g/mol. The molecule has 2 fully saturated rings. The Labute approximate surface area is 284 Å². The van der Waals surface area contributed by atoms with Crippen molar-refractivity contribution in [3.05, 3.63) is 94.8 Å². The number of carbonyl (C=O) groups excluding carboxylic acids is 4. The second-order valence-electron chi connectivity index (χ2n) is 12.6. The Bertz CT molecular complexity index is 1640. The monoisotopic (exact) mass is 673 g/mol. The van der Waals surface area contributed by atoms with Crippen LogP contribution in [0.1, 0.15) is 68.8 Å². The molecule has 12 heteroatoms. The molecule has 3 atom stereocenters. The first-order valence-electron chi connectivity index (χ1n) is 16.1. The number of carboxylic acid groups (broad SMARTS) is 1. The van der Waals surface area contributed by atoms with E-state index in [0.29, 0.717) is 47.6 Å². The first kappa shape index (κ1) is 34.6. The quantitative estimate of drug-likeness (QED) is 0.257. The van der Waals surface area contributed by atoms with Gasteiger partial charge in [-0.2, -0.15) is 0 Å². The highest BCUT2D eigenvalue weighted by Crippen LogP contribution is 2.42. The van der Waals surface area contributed by atoms with Crippen molar-refractivity contribution in [2.75, 3.05) is 11.4 Å². The molecular weight excluding hydrogens is 634 g/mol. The summed E-state index contributed by atoms with van der Waals surface area (Å²) in [5.41, 5.74) is 1.97. The van der Waals surface area contributed by atoms with Crippen LogP contribution in [0.3, 0.4) is 0 Å². The average Bonchev–Trinajstić information content (AvgIpc) is 3.65. The summed E-state index contributed by atoms with van der Waals surface area (Å²) >= 11 is 6.17. The summed E-state index contributed by atoms with van der Waals surface area (Å²) in [5, 5.41) is 16.1. The minimum atomic E-state index is -1.17. The Hall–Kier alpha value is -4.77. The predicted octanol–water partition coefficient (Wildman–Crippen LogP) is 4.44. The molecule has 5 rings (SSSR count). The number of anilines is 1. The fourth-order valence-electron chi connectivity index (χ4n) is 6.89. The molecular formula is C36H40ClN5O6. The summed E-state index contributed by atoms with van der Waals surface area (Å²) in [7, 11) is 0. The topological polar surface area (TPSA) is 149 Å². The molecule has 1 saturated carbocycles. The summed E-state index contributed by atoms with van der Waals surface area (Å²) in [4.78, 5) is 71.8. The number of aliphatic carboxylic acids is 1.